The fourth-order valence-electron chi connectivity index (χ4n) is 1.30. The van der Waals surface area contributed by atoms with Crippen LogP contribution >= 0.6 is 27.5 Å². The van der Waals surface area contributed by atoms with Gasteiger partial charge in [-0.25, -0.2) is 4.90 Å². The predicted molar refractivity (Wildman–Crippen MR) is 60.8 cm³/mol. The van der Waals surface area contributed by atoms with Gasteiger partial charge in [-0.3, -0.25) is 9.59 Å². The van der Waals surface area contributed by atoms with Crippen molar-refractivity contribution in [2.24, 2.45) is 0 Å². The zero-order chi connectivity index (χ0) is 11.0. The standard InChI is InChI=1S/C10H5BrClNO2/c11-7-5-6(12)1-2-8(7)13-9(14)3-4-10(13)15/h1-5H. The van der Waals surface area contributed by atoms with Crippen molar-refractivity contribution in [3.63, 3.8) is 0 Å². The molecule has 0 atom stereocenters. The number of amides is 2. The molecule has 1 aliphatic heterocycles. The molecule has 0 radical (unpaired) electrons. The highest BCUT2D eigenvalue weighted by Gasteiger charge is 2.26. The first-order chi connectivity index (χ1) is 7.09. The van der Waals surface area contributed by atoms with Gasteiger partial charge < -0.3 is 0 Å². The van der Waals surface area contributed by atoms with Gasteiger partial charge in [0.1, 0.15) is 0 Å². The van der Waals surface area contributed by atoms with Crippen LogP contribution in [0, 0.1) is 0 Å². The molecule has 0 aliphatic carbocycles. The van der Waals surface area contributed by atoms with Crippen molar-refractivity contribution in [2.75, 3.05) is 4.90 Å². The molecule has 0 saturated heterocycles. The summed E-state index contributed by atoms with van der Waals surface area (Å²) in [5, 5.41) is 0.540. The second-order valence-corrected chi connectivity index (χ2v) is 4.23. The first kappa shape index (κ1) is 10.4. The van der Waals surface area contributed by atoms with Crippen molar-refractivity contribution >= 4 is 45.0 Å². The minimum atomic E-state index is -0.344. The molecule has 0 fully saturated rings. The second kappa shape index (κ2) is 3.79. The summed E-state index contributed by atoms with van der Waals surface area (Å²) >= 11 is 9.02. The topological polar surface area (TPSA) is 37.4 Å². The fourth-order valence-corrected chi connectivity index (χ4v) is 2.16. The molecular formula is C10H5BrClNO2. The quantitative estimate of drug-likeness (QED) is 0.744. The number of rotatable bonds is 1. The Kier molecular flexibility index (Phi) is 2.63. The van der Waals surface area contributed by atoms with Gasteiger partial charge in [-0.1, -0.05) is 11.6 Å². The lowest BCUT2D eigenvalue weighted by molar-refractivity contribution is -0.119. The molecule has 2 amide bonds. The minimum Gasteiger partial charge on any atom is -0.269 e. The van der Waals surface area contributed by atoms with Crippen LogP contribution in [0.25, 0.3) is 0 Å². The zero-order valence-corrected chi connectivity index (χ0v) is 9.75. The van der Waals surface area contributed by atoms with E-state index < -0.39 is 0 Å². The molecule has 0 saturated carbocycles. The smallest absolute Gasteiger partial charge is 0.258 e. The van der Waals surface area contributed by atoms with E-state index in [-0.39, 0.29) is 11.8 Å². The van der Waals surface area contributed by atoms with Gasteiger partial charge in [0.2, 0.25) is 0 Å². The average Bonchev–Trinajstić information content (AvgIpc) is 2.48. The van der Waals surface area contributed by atoms with E-state index in [0.717, 1.165) is 4.90 Å². The molecule has 0 aromatic heterocycles. The van der Waals surface area contributed by atoms with Gasteiger partial charge in [0, 0.05) is 21.6 Å². The number of carbonyl (C=O) groups excluding carboxylic acids is 2. The van der Waals surface area contributed by atoms with Gasteiger partial charge in [0.15, 0.2) is 0 Å². The number of anilines is 1. The summed E-state index contributed by atoms with van der Waals surface area (Å²) in [4.78, 5) is 23.9. The molecule has 1 aliphatic rings. The number of imide groups is 1. The van der Waals surface area contributed by atoms with Crippen LogP contribution < -0.4 is 4.90 Å². The average molecular weight is 287 g/mol. The maximum atomic E-state index is 11.4. The first-order valence-corrected chi connectivity index (χ1v) is 5.28. The zero-order valence-electron chi connectivity index (χ0n) is 7.41. The molecular weight excluding hydrogens is 281 g/mol. The molecule has 3 nitrogen and oxygen atoms in total. The molecule has 2 rings (SSSR count). The maximum Gasteiger partial charge on any atom is 0.258 e. The van der Waals surface area contributed by atoms with E-state index >= 15 is 0 Å². The number of nitrogens with zero attached hydrogens (tertiary/aromatic N) is 1. The van der Waals surface area contributed by atoms with E-state index in [9.17, 15) is 9.59 Å². The van der Waals surface area contributed by atoms with Crippen LogP contribution in [0.5, 0.6) is 0 Å². The lowest BCUT2D eigenvalue weighted by Crippen LogP contribution is -2.29. The Hall–Kier alpha value is -1.13. The van der Waals surface area contributed by atoms with Crippen molar-refractivity contribution in [3.8, 4) is 0 Å². The minimum absolute atomic E-state index is 0.344. The Morgan fingerprint density at radius 2 is 1.73 bits per heavy atom. The fraction of sp³-hybridized carbons (Fsp3) is 0. The highest BCUT2D eigenvalue weighted by atomic mass is 79.9. The molecule has 0 spiro atoms. The van der Waals surface area contributed by atoms with Gasteiger partial charge in [-0.15, -0.1) is 0 Å². The first-order valence-electron chi connectivity index (χ1n) is 4.11. The lowest BCUT2D eigenvalue weighted by Gasteiger charge is -2.15. The predicted octanol–water partition coefficient (Wildman–Crippen LogP) is 2.53. The highest BCUT2D eigenvalue weighted by molar-refractivity contribution is 9.10. The second-order valence-electron chi connectivity index (χ2n) is 2.94. The number of benzene rings is 1. The third kappa shape index (κ3) is 1.82. The molecule has 15 heavy (non-hydrogen) atoms. The molecule has 0 N–H and O–H groups in total. The van der Waals surface area contributed by atoms with Crippen LogP contribution in [-0.4, -0.2) is 11.8 Å². The van der Waals surface area contributed by atoms with Crippen LogP contribution in [0.1, 0.15) is 0 Å². The van der Waals surface area contributed by atoms with E-state index in [1.54, 1.807) is 18.2 Å². The van der Waals surface area contributed by atoms with E-state index in [2.05, 4.69) is 15.9 Å². The van der Waals surface area contributed by atoms with Crippen molar-refractivity contribution in [1.82, 2.24) is 0 Å². The lowest BCUT2D eigenvalue weighted by atomic mass is 10.3. The summed E-state index contributed by atoms with van der Waals surface area (Å²) in [7, 11) is 0. The normalized spacial score (nSPS) is 15.2. The summed E-state index contributed by atoms with van der Waals surface area (Å²) in [6.07, 6.45) is 2.48. The van der Waals surface area contributed by atoms with Crippen molar-refractivity contribution < 1.29 is 9.59 Å². The summed E-state index contributed by atoms with van der Waals surface area (Å²) in [6, 6.07) is 4.88. The number of hydrogen-bond acceptors (Lipinski definition) is 2. The summed E-state index contributed by atoms with van der Waals surface area (Å²) in [6.45, 7) is 0. The molecule has 1 heterocycles. The molecule has 5 heteroatoms. The van der Waals surface area contributed by atoms with Gasteiger partial charge >= 0.3 is 0 Å². The molecule has 76 valence electrons. The summed E-state index contributed by atoms with van der Waals surface area (Å²) < 4.78 is 0.611. The summed E-state index contributed by atoms with van der Waals surface area (Å²) in [5.74, 6) is -0.689. The van der Waals surface area contributed by atoms with Gasteiger partial charge in [0.05, 0.1) is 5.69 Å². The van der Waals surface area contributed by atoms with Crippen LogP contribution in [0.3, 0.4) is 0 Å². The third-order valence-electron chi connectivity index (χ3n) is 1.96. The van der Waals surface area contributed by atoms with Gasteiger partial charge in [-0.05, 0) is 34.1 Å². The molecule has 0 bridgehead atoms. The third-order valence-corrected chi connectivity index (χ3v) is 2.83. The van der Waals surface area contributed by atoms with Crippen molar-refractivity contribution in [2.45, 2.75) is 0 Å². The summed E-state index contributed by atoms with van der Waals surface area (Å²) in [5.41, 5.74) is 0.499. The van der Waals surface area contributed by atoms with Crippen LogP contribution in [0.15, 0.2) is 34.8 Å². The Labute approximate surface area is 99.4 Å². The number of halogens is 2. The van der Waals surface area contributed by atoms with E-state index in [1.807, 2.05) is 0 Å². The number of hydrogen-bond donors (Lipinski definition) is 0. The largest absolute Gasteiger partial charge is 0.269 e. The molecule has 0 unspecified atom stereocenters. The maximum absolute atomic E-state index is 11.4. The van der Waals surface area contributed by atoms with E-state index in [4.69, 9.17) is 11.6 Å². The van der Waals surface area contributed by atoms with Crippen LogP contribution in [0.4, 0.5) is 5.69 Å². The number of carbonyl (C=O) groups is 2. The monoisotopic (exact) mass is 285 g/mol. The van der Waals surface area contributed by atoms with Crippen LogP contribution in [0.2, 0.25) is 5.02 Å². The Bertz CT molecular complexity index is 466. The highest BCUT2D eigenvalue weighted by Crippen LogP contribution is 2.30. The van der Waals surface area contributed by atoms with Crippen LogP contribution in [-0.2, 0) is 9.59 Å². The van der Waals surface area contributed by atoms with Gasteiger partial charge in [0.25, 0.3) is 11.8 Å². The Morgan fingerprint density at radius 3 is 2.27 bits per heavy atom. The van der Waals surface area contributed by atoms with Crippen molar-refractivity contribution in [1.29, 1.82) is 0 Å². The van der Waals surface area contributed by atoms with E-state index in [0.29, 0.717) is 15.2 Å². The van der Waals surface area contributed by atoms with Gasteiger partial charge in [-0.2, -0.15) is 0 Å². The Balaban J connectivity index is 2.46. The van der Waals surface area contributed by atoms with E-state index in [1.165, 1.54) is 12.2 Å². The SMILES string of the molecule is O=C1C=CC(=O)N1c1ccc(Cl)cc1Br. The molecule has 1 aromatic carbocycles. The van der Waals surface area contributed by atoms with Crippen molar-refractivity contribution in [3.05, 3.63) is 39.8 Å². The molecule has 1 aromatic rings. The Morgan fingerprint density at radius 1 is 1.13 bits per heavy atom.